The molecule has 1 unspecified atom stereocenters. The molecule has 4 fully saturated rings. The van der Waals surface area contributed by atoms with Gasteiger partial charge in [-0.2, -0.15) is 21.6 Å². The lowest BCUT2D eigenvalue weighted by atomic mass is 9.52. The molecule has 4 saturated carbocycles. The van der Waals surface area contributed by atoms with E-state index in [1.807, 2.05) is 0 Å². The zero-order chi connectivity index (χ0) is 17.0. The van der Waals surface area contributed by atoms with Gasteiger partial charge in [0.15, 0.2) is 0 Å². The van der Waals surface area contributed by atoms with Crippen LogP contribution in [0.25, 0.3) is 0 Å². The maximum atomic E-state index is 12.9. The lowest BCUT2D eigenvalue weighted by Gasteiger charge is -2.53. The number of esters is 1. The quantitative estimate of drug-likeness (QED) is 0.618. The Morgan fingerprint density at radius 3 is 1.96 bits per heavy atom. The predicted octanol–water partition coefficient (Wildman–Crippen LogP) is 2.42. The van der Waals surface area contributed by atoms with Crippen molar-refractivity contribution in [2.24, 2.45) is 29.6 Å². The average Bonchev–Trinajstić information content (AvgIpc) is 2.33. The van der Waals surface area contributed by atoms with Crippen molar-refractivity contribution in [2.45, 2.75) is 44.4 Å². The molecule has 4 bridgehead atoms. The fourth-order valence-corrected chi connectivity index (χ4v) is 5.56. The molecule has 4 aliphatic rings. The van der Waals surface area contributed by atoms with E-state index in [0.29, 0.717) is 11.8 Å². The second-order valence-electron chi connectivity index (χ2n) is 7.17. The van der Waals surface area contributed by atoms with E-state index in [1.54, 1.807) is 0 Å². The van der Waals surface area contributed by atoms with Gasteiger partial charge in [0, 0.05) is 0 Å². The molecule has 0 aromatic heterocycles. The van der Waals surface area contributed by atoms with E-state index in [0.717, 1.165) is 32.1 Å². The summed E-state index contributed by atoms with van der Waals surface area (Å²) in [4.78, 5) is 12.3. The molecule has 1 atom stereocenters. The Bertz CT molecular complexity index is 558. The number of halogens is 3. The van der Waals surface area contributed by atoms with E-state index in [4.69, 9.17) is 4.55 Å². The maximum Gasteiger partial charge on any atom is 0.426 e. The number of hydrogen-bond acceptors (Lipinski definition) is 4. The number of hydrogen-bond donors (Lipinski definition) is 1. The van der Waals surface area contributed by atoms with E-state index >= 15 is 0 Å². The van der Waals surface area contributed by atoms with E-state index in [2.05, 4.69) is 4.74 Å². The van der Waals surface area contributed by atoms with Crippen LogP contribution in [0, 0.1) is 29.6 Å². The molecule has 9 heteroatoms. The van der Waals surface area contributed by atoms with Crippen LogP contribution in [0.2, 0.25) is 0 Å². The maximum absolute atomic E-state index is 12.9. The Balaban J connectivity index is 1.72. The Kier molecular flexibility index (Phi) is 4.15. The lowest BCUT2D eigenvalue weighted by molar-refractivity contribution is -0.222. The Labute approximate surface area is 132 Å². The Hall–Kier alpha value is -0.830. The molecule has 0 aliphatic heterocycles. The molecule has 132 valence electrons. The SMILES string of the molecule is O=C(OC(CS(=O)(=O)O)C(F)(F)F)C1C2CC3CC(C2)CC1C3. The van der Waals surface area contributed by atoms with Gasteiger partial charge in [0.25, 0.3) is 10.1 Å². The molecule has 0 aromatic rings. The highest BCUT2D eigenvalue weighted by Crippen LogP contribution is 2.56. The van der Waals surface area contributed by atoms with Gasteiger partial charge in [-0.15, -0.1) is 0 Å². The highest BCUT2D eigenvalue weighted by atomic mass is 32.2. The smallest absolute Gasteiger partial charge is 0.426 e. The molecule has 0 radical (unpaired) electrons. The molecule has 4 aliphatic carbocycles. The van der Waals surface area contributed by atoms with Crippen molar-refractivity contribution in [3.8, 4) is 0 Å². The van der Waals surface area contributed by atoms with E-state index in [-0.39, 0.29) is 11.8 Å². The van der Waals surface area contributed by atoms with Gasteiger partial charge in [-0.05, 0) is 55.8 Å². The third-order valence-electron chi connectivity index (χ3n) is 5.48. The third kappa shape index (κ3) is 3.65. The summed E-state index contributed by atoms with van der Waals surface area (Å²) in [6, 6.07) is 0. The van der Waals surface area contributed by atoms with Gasteiger partial charge in [-0.1, -0.05) is 0 Å². The molecule has 0 aromatic carbocycles. The standard InChI is InChI=1S/C14H19F3O5S/c15-14(16,17)11(6-23(19,20)21)22-13(18)12-9-2-7-1-8(4-9)5-10(12)3-7/h7-12H,1-6H2,(H,19,20,21). The van der Waals surface area contributed by atoms with Crippen LogP contribution < -0.4 is 0 Å². The summed E-state index contributed by atoms with van der Waals surface area (Å²) < 4.78 is 73.3. The number of carbonyl (C=O) groups is 1. The fourth-order valence-electron chi connectivity index (χ4n) is 4.92. The molecule has 0 amide bonds. The first-order valence-electron chi connectivity index (χ1n) is 7.75. The molecule has 4 rings (SSSR count). The second kappa shape index (κ2) is 5.61. The minimum atomic E-state index is -5.03. The van der Waals surface area contributed by atoms with Gasteiger partial charge in [-0.3, -0.25) is 9.35 Å². The van der Waals surface area contributed by atoms with Crippen molar-refractivity contribution in [2.75, 3.05) is 5.75 Å². The first-order chi connectivity index (χ1) is 10.5. The lowest BCUT2D eigenvalue weighted by Crippen LogP contribution is -2.50. The van der Waals surface area contributed by atoms with Crippen molar-refractivity contribution < 1.29 is 35.7 Å². The van der Waals surface area contributed by atoms with Crippen molar-refractivity contribution in [1.29, 1.82) is 0 Å². The van der Waals surface area contributed by atoms with Crippen LogP contribution in [0.3, 0.4) is 0 Å². The predicted molar refractivity (Wildman–Crippen MR) is 72.9 cm³/mol. The van der Waals surface area contributed by atoms with Crippen LogP contribution in [0.4, 0.5) is 13.2 Å². The number of rotatable bonds is 4. The van der Waals surface area contributed by atoms with E-state index in [1.165, 1.54) is 0 Å². The van der Waals surface area contributed by atoms with Crippen molar-refractivity contribution in [3.05, 3.63) is 0 Å². The first-order valence-corrected chi connectivity index (χ1v) is 9.36. The first kappa shape index (κ1) is 17.0. The largest absolute Gasteiger partial charge is 0.451 e. The van der Waals surface area contributed by atoms with Gasteiger partial charge < -0.3 is 4.74 Å². The van der Waals surface area contributed by atoms with Gasteiger partial charge in [0.1, 0.15) is 5.75 Å². The van der Waals surface area contributed by atoms with Crippen molar-refractivity contribution in [1.82, 2.24) is 0 Å². The average molecular weight is 356 g/mol. The van der Waals surface area contributed by atoms with Crippen LogP contribution in [-0.4, -0.2) is 37.0 Å². The molecule has 0 heterocycles. The summed E-state index contributed by atoms with van der Waals surface area (Å²) in [7, 11) is -4.90. The second-order valence-corrected chi connectivity index (χ2v) is 8.67. The summed E-state index contributed by atoms with van der Waals surface area (Å²) >= 11 is 0. The fraction of sp³-hybridized carbons (Fsp3) is 0.929. The van der Waals surface area contributed by atoms with Gasteiger partial charge in [-0.25, -0.2) is 0 Å². The van der Waals surface area contributed by atoms with Gasteiger partial charge >= 0.3 is 12.1 Å². The minimum absolute atomic E-state index is 0.0402. The van der Waals surface area contributed by atoms with Gasteiger partial charge in [0.2, 0.25) is 6.10 Å². The zero-order valence-corrected chi connectivity index (χ0v) is 13.1. The molecule has 1 N–H and O–H groups in total. The van der Waals surface area contributed by atoms with Crippen LogP contribution in [0.1, 0.15) is 32.1 Å². The summed E-state index contributed by atoms with van der Waals surface area (Å²) in [5, 5.41) is 0. The Morgan fingerprint density at radius 2 is 1.57 bits per heavy atom. The number of alkyl halides is 3. The number of carbonyl (C=O) groups excluding carboxylic acids is 1. The highest BCUT2D eigenvalue weighted by molar-refractivity contribution is 7.85. The minimum Gasteiger partial charge on any atom is -0.451 e. The zero-order valence-electron chi connectivity index (χ0n) is 12.3. The topological polar surface area (TPSA) is 80.7 Å². The Morgan fingerprint density at radius 1 is 1.09 bits per heavy atom. The molecule has 0 saturated heterocycles. The molecule has 23 heavy (non-hydrogen) atoms. The van der Waals surface area contributed by atoms with E-state index < -0.39 is 40.0 Å². The highest BCUT2D eigenvalue weighted by Gasteiger charge is 2.53. The summed E-state index contributed by atoms with van der Waals surface area (Å²) in [6.45, 7) is 0. The number of ether oxygens (including phenoxy) is 1. The molecule has 0 spiro atoms. The van der Waals surface area contributed by atoms with Crippen LogP contribution in [-0.2, 0) is 19.6 Å². The van der Waals surface area contributed by atoms with Gasteiger partial charge in [0.05, 0.1) is 5.92 Å². The monoisotopic (exact) mass is 356 g/mol. The van der Waals surface area contributed by atoms with Crippen LogP contribution in [0.15, 0.2) is 0 Å². The summed E-state index contributed by atoms with van der Waals surface area (Å²) in [5.41, 5.74) is 0. The molecular formula is C14H19F3O5S. The molecule has 5 nitrogen and oxygen atoms in total. The normalized spacial score (nSPS) is 37.7. The molecular weight excluding hydrogens is 337 g/mol. The van der Waals surface area contributed by atoms with Crippen molar-refractivity contribution in [3.63, 3.8) is 0 Å². The summed E-state index contributed by atoms with van der Waals surface area (Å²) in [6.07, 6.45) is -3.37. The van der Waals surface area contributed by atoms with Crippen LogP contribution in [0.5, 0.6) is 0 Å². The summed E-state index contributed by atoms with van der Waals surface area (Å²) in [5.74, 6) is -2.01. The van der Waals surface area contributed by atoms with Crippen molar-refractivity contribution >= 4 is 16.1 Å². The van der Waals surface area contributed by atoms with E-state index in [9.17, 15) is 26.4 Å². The third-order valence-corrected chi connectivity index (χ3v) is 6.21. The van der Waals surface area contributed by atoms with Crippen LogP contribution >= 0.6 is 0 Å².